The van der Waals surface area contributed by atoms with Crippen LogP contribution in [0.2, 0.25) is 0 Å². The van der Waals surface area contributed by atoms with E-state index < -0.39 is 0 Å². The molecule has 170 valence electrons. The van der Waals surface area contributed by atoms with Gasteiger partial charge in [-0.2, -0.15) is 0 Å². The maximum Gasteiger partial charge on any atom is 0.253 e. The summed E-state index contributed by atoms with van der Waals surface area (Å²) in [7, 11) is 3.51. The van der Waals surface area contributed by atoms with Crippen molar-refractivity contribution in [3.63, 3.8) is 0 Å². The topological polar surface area (TPSA) is 64.6 Å². The molecule has 0 saturated carbocycles. The molecule has 0 radical (unpaired) electrons. The van der Waals surface area contributed by atoms with Gasteiger partial charge in [0.1, 0.15) is 0 Å². The molecule has 2 aromatic rings. The van der Waals surface area contributed by atoms with Crippen molar-refractivity contribution in [3.8, 4) is 0 Å². The number of carbonyl (C=O) groups is 1. The van der Waals surface area contributed by atoms with Gasteiger partial charge in [-0.05, 0) is 79.8 Å². The molecule has 0 bridgehead atoms. The minimum absolute atomic E-state index is 0.00270. The van der Waals surface area contributed by atoms with Gasteiger partial charge in [-0.1, -0.05) is 18.2 Å². The summed E-state index contributed by atoms with van der Waals surface area (Å²) in [5.74, 6) is 1.92. The van der Waals surface area contributed by atoms with Crippen LogP contribution in [0.25, 0.3) is 5.57 Å². The predicted octanol–water partition coefficient (Wildman–Crippen LogP) is 4.97. The summed E-state index contributed by atoms with van der Waals surface area (Å²) >= 11 is 1.78. The van der Waals surface area contributed by atoms with E-state index in [0.29, 0.717) is 5.56 Å². The van der Waals surface area contributed by atoms with Gasteiger partial charge < -0.3 is 20.6 Å². The van der Waals surface area contributed by atoms with Crippen LogP contribution < -0.4 is 10.6 Å². The highest BCUT2D eigenvalue weighted by Crippen LogP contribution is 2.26. The van der Waals surface area contributed by atoms with Gasteiger partial charge >= 0.3 is 0 Å². The Morgan fingerprint density at radius 1 is 1.16 bits per heavy atom. The molecular formula is C26H33N3O2S. The molecule has 1 aliphatic heterocycles. The summed E-state index contributed by atoms with van der Waals surface area (Å²) in [6.45, 7) is 2.40. The van der Waals surface area contributed by atoms with Gasteiger partial charge in [0.2, 0.25) is 0 Å². The van der Waals surface area contributed by atoms with Gasteiger partial charge in [-0.3, -0.25) is 4.79 Å². The van der Waals surface area contributed by atoms with Crippen molar-refractivity contribution in [1.82, 2.24) is 10.2 Å². The van der Waals surface area contributed by atoms with Crippen molar-refractivity contribution in [3.05, 3.63) is 77.6 Å². The number of amides is 1. The second-order valence-corrected chi connectivity index (χ2v) is 9.30. The van der Waals surface area contributed by atoms with Crippen molar-refractivity contribution in [1.29, 1.82) is 0 Å². The Balaban J connectivity index is 1.60. The van der Waals surface area contributed by atoms with E-state index in [9.17, 15) is 4.79 Å². The molecule has 0 saturated heterocycles. The first-order valence-electron chi connectivity index (χ1n) is 11.1. The molecule has 3 N–H and O–H groups in total. The highest BCUT2D eigenvalue weighted by atomic mass is 32.2. The van der Waals surface area contributed by atoms with E-state index in [2.05, 4.69) is 54.0 Å². The van der Waals surface area contributed by atoms with Crippen LogP contribution in [-0.2, 0) is 0 Å². The smallest absolute Gasteiger partial charge is 0.253 e. The number of allylic oxidation sites excluding steroid dienone is 2. The molecule has 1 amide bonds. The number of thioether (sulfide) groups is 1. The monoisotopic (exact) mass is 451 g/mol. The number of aliphatic hydroxyl groups is 1. The molecule has 1 aliphatic rings. The first-order valence-corrected chi connectivity index (χ1v) is 12.0. The second-order valence-electron chi connectivity index (χ2n) is 8.13. The lowest BCUT2D eigenvalue weighted by molar-refractivity contribution is 0.0827. The molecule has 0 fully saturated rings. The normalized spacial score (nSPS) is 19.4. The van der Waals surface area contributed by atoms with Crippen LogP contribution in [0.1, 0.15) is 42.1 Å². The first kappa shape index (κ1) is 24.0. The summed E-state index contributed by atoms with van der Waals surface area (Å²) in [6.07, 6.45) is 7.22. The molecule has 5 nitrogen and oxygen atoms in total. The number of rotatable bonds is 8. The van der Waals surface area contributed by atoms with Gasteiger partial charge in [0.05, 0.1) is 5.82 Å². The zero-order valence-electron chi connectivity index (χ0n) is 19.1. The lowest BCUT2D eigenvalue weighted by Crippen LogP contribution is -2.28. The van der Waals surface area contributed by atoms with Crippen LogP contribution >= 0.6 is 11.8 Å². The van der Waals surface area contributed by atoms with Crippen molar-refractivity contribution >= 4 is 28.9 Å². The van der Waals surface area contributed by atoms with Crippen molar-refractivity contribution < 1.29 is 9.90 Å². The fourth-order valence-corrected chi connectivity index (χ4v) is 4.40. The standard InChI is InChI=1S/C26H33N3O2S/c1-19-18-22(20-10-14-24(15-11-20)32-17-5-16-30)6-4-7-25(27-19)28-23-12-8-21(9-13-23)26(31)29(2)3/h7-15,18-19,27-28,30H,4-6,16-17H2,1-3H3/b22-18+,25-7+. The molecule has 6 heteroatoms. The lowest BCUT2D eigenvalue weighted by atomic mass is 9.98. The molecule has 0 aromatic heterocycles. The fourth-order valence-electron chi connectivity index (χ4n) is 3.56. The van der Waals surface area contributed by atoms with Gasteiger partial charge in [0, 0.05) is 48.6 Å². The highest BCUT2D eigenvalue weighted by molar-refractivity contribution is 7.99. The van der Waals surface area contributed by atoms with E-state index in [1.165, 1.54) is 16.0 Å². The molecule has 1 atom stereocenters. The molecule has 0 aliphatic carbocycles. The Kier molecular flexibility index (Phi) is 8.82. The summed E-state index contributed by atoms with van der Waals surface area (Å²) in [6, 6.07) is 16.5. The number of carbonyl (C=O) groups excluding carboxylic acids is 1. The van der Waals surface area contributed by atoms with Crippen LogP contribution in [-0.4, -0.2) is 48.4 Å². The zero-order chi connectivity index (χ0) is 22.9. The lowest BCUT2D eigenvalue weighted by Gasteiger charge is -2.21. The number of aliphatic hydroxyl groups excluding tert-OH is 1. The second kappa shape index (κ2) is 11.8. The van der Waals surface area contributed by atoms with E-state index in [1.807, 2.05) is 24.3 Å². The SMILES string of the molecule is CC1/C=C(/c2ccc(SCCCO)cc2)CC/C=C(/Nc2ccc(C(=O)N(C)C)cc2)N1. The van der Waals surface area contributed by atoms with Crippen LogP contribution in [0.5, 0.6) is 0 Å². The van der Waals surface area contributed by atoms with E-state index in [-0.39, 0.29) is 18.6 Å². The Hall–Kier alpha value is -2.70. The van der Waals surface area contributed by atoms with E-state index >= 15 is 0 Å². The third kappa shape index (κ3) is 6.90. The maximum atomic E-state index is 12.1. The average Bonchev–Trinajstić information content (AvgIpc) is 2.77. The summed E-state index contributed by atoms with van der Waals surface area (Å²) in [5, 5.41) is 15.9. The van der Waals surface area contributed by atoms with Crippen molar-refractivity contribution in [2.24, 2.45) is 0 Å². The molecule has 0 spiro atoms. The van der Waals surface area contributed by atoms with Crippen LogP contribution in [0.4, 0.5) is 5.69 Å². The zero-order valence-corrected chi connectivity index (χ0v) is 19.9. The molecule has 2 aromatic carbocycles. The van der Waals surface area contributed by atoms with E-state index in [0.717, 1.165) is 36.5 Å². The van der Waals surface area contributed by atoms with Gasteiger partial charge in [-0.25, -0.2) is 0 Å². The van der Waals surface area contributed by atoms with Crippen LogP contribution in [0, 0.1) is 0 Å². The third-order valence-corrected chi connectivity index (χ3v) is 6.31. The first-order chi connectivity index (χ1) is 15.5. The molecule has 3 rings (SSSR count). The number of nitrogens with one attached hydrogen (secondary N) is 2. The Bertz CT molecular complexity index is 950. The number of anilines is 1. The number of nitrogens with zero attached hydrogens (tertiary/aromatic N) is 1. The van der Waals surface area contributed by atoms with E-state index in [1.54, 1.807) is 30.8 Å². The van der Waals surface area contributed by atoms with Gasteiger partial charge in [0.25, 0.3) is 5.91 Å². The fraction of sp³-hybridized carbons (Fsp3) is 0.346. The number of hydrogen-bond donors (Lipinski definition) is 3. The van der Waals surface area contributed by atoms with Crippen molar-refractivity contribution in [2.75, 3.05) is 31.8 Å². The third-order valence-electron chi connectivity index (χ3n) is 5.21. The predicted molar refractivity (Wildman–Crippen MR) is 135 cm³/mol. The molecule has 1 heterocycles. The van der Waals surface area contributed by atoms with Crippen molar-refractivity contribution in [2.45, 2.75) is 37.1 Å². The molecule has 1 unspecified atom stereocenters. The average molecular weight is 452 g/mol. The molecule has 32 heavy (non-hydrogen) atoms. The Morgan fingerprint density at radius 2 is 1.88 bits per heavy atom. The minimum atomic E-state index is 0.00270. The van der Waals surface area contributed by atoms with E-state index in [4.69, 9.17) is 5.11 Å². The van der Waals surface area contributed by atoms with Gasteiger partial charge in [-0.15, -0.1) is 11.8 Å². The highest BCUT2D eigenvalue weighted by Gasteiger charge is 2.11. The Morgan fingerprint density at radius 3 is 2.53 bits per heavy atom. The van der Waals surface area contributed by atoms with Crippen LogP contribution in [0.3, 0.4) is 0 Å². The largest absolute Gasteiger partial charge is 0.396 e. The Labute approximate surface area is 195 Å². The number of benzene rings is 2. The number of hydrogen-bond acceptors (Lipinski definition) is 5. The summed E-state index contributed by atoms with van der Waals surface area (Å²) in [4.78, 5) is 14.9. The summed E-state index contributed by atoms with van der Waals surface area (Å²) < 4.78 is 0. The van der Waals surface area contributed by atoms with Gasteiger partial charge in [0.15, 0.2) is 0 Å². The van der Waals surface area contributed by atoms with Crippen LogP contribution in [0.15, 0.2) is 71.4 Å². The minimum Gasteiger partial charge on any atom is -0.396 e. The quantitative estimate of drug-likeness (QED) is 0.391. The maximum absolute atomic E-state index is 12.1. The summed E-state index contributed by atoms with van der Waals surface area (Å²) in [5.41, 5.74) is 4.24. The molecular weight excluding hydrogens is 418 g/mol.